The highest BCUT2D eigenvalue weighted by Gasteiger charge is 2.57. The number of fused-ring (bicyclic) bond motifs is 1. The monoisotopic (exact) mass is 218 g/mol. The molecule has 0 amide bonds. The quantitative estimate of drug-likeness (QED) is 0.374. The minimum atomic E-state index is -1.13. The van der Waals surface area contributed by atoms with Gasteiger partial charge in [0.2, 0.25) is 0 Å². The maximum absolute atomic E-state index is 10.5. The first-order valence-corrected chi connectivity index (χ1v) is 4.85. The van der Waals surface area contributed by atoms with Gasteiger partial charge in [0.05, 0.1) is 37.0 Å². The lowest BCUT2D eigenvalue weighted by molar-refractivity contribution is 0.00523. The van der Waals surface area contributed by atoms with Gasteiger partial charge in [-0.1, -0.05) is 5.18 Å². The summed E-state index contributed by atoms with van der Waals surface area (Å²) in [5.74, 6) is 0. The SMILES string of the molecule is O=N[C@H]1[C@H](O)[C@H]2C(O)[C@@H](O)CN2[C@H]1CO. The summed E-state index contributed by atoms with van der Waals surface area (Å²) in [4.78, 5) is 12.1. The van der Waals surface area contributed by atoms with E-state index in [1.807, 2.05) is 0 Å². The Balaban J connectivity index is 2.25. The number of hydrogen-bond donors (Lipinski definition) is 4. The number of nitrogens with zero attached hydrogens (tertiary/aromatic N) is 2. The molecule has 2 fully saturated rings. The van der Waals surface area contributed by atoms with Crippen LogP contribution in [0.4, 0.5) is 0 Å². The molecule has 15 heavy (non-hydrogen) atoms. The van der Waals surface area contributed by atoms with Gasteiger partial charge in [0.25, 0.3) is 0 Å². The zero-order valence-electron chi connectivity index (χ0n) is 7.97. The average Bonchev–Trinajstić information content (AvgIpc) is 2.64. The second kappa shape index (κ2) is 3.76. The molecule has 4 N–H and O–H groups in total. The van der Waals surface area contributed by atoms with Crippen LogP contribution in [0.5, 0.6) is 0 Å². The van der Waals surface area contributed by atoms with Crippen LogP contribution >= 0.6 is 0 Å². The van der Waals surface area contributed by atoms with Crippen molar-refractivity contribution in [3.05, 3.63) is 4.91 Å². The van der Waals surface area contributed by atoms with Crippen LogP contribution in [-0.4, -0.2) is 74.9 Å². The number of aliphatic hydroxyl groups is 4. The molecule has 6 atom stereocenters. The van der Waals surface area contributed by atoms with Crippen molar-refractivity contribution in [2.45, 2.75) is 36.4 Å². The van der Waals surface area contributed by atoms with Crippen LogP contribution in [-0.2, 0) is 0 Å². The van der Waals surface area contributed by atoms with Crippen molar-refractivity contribution in [1.29, 1.82) is 0 Å². The second-order valence-corrected chi connectivity index (χ2v) is 4.08. The van der Waals surface area contributed by atoms with E-state index in [0.29, 0.717) is 0 Å². The van der Waals surface area contributed by atoms with Crippen molar-refractivity contribution in [3.8, 4) is 0 Å². The van der Waals surface area contributed by atoms with E-state index in [0.717, 1.165) is 0 Å². The maximum atomic E-state index is 10.5. The highest BCUT2D eigenvalue weighted by Crippen LogP contribution is 2.34. The molecule has 7 nitrogen and oxygen atoms in total. The van der Waals surface area contributed by atoms with Gasteiger partial charge in [-0.15, -0.1) is 0 Å². The first kappa shape index (κ1) is 10.9. The van der Waals surface area contributed by atoms with Gasteiger partial charge in [-0.3, -0.25) is 4.90 Å². The molecule has 0 aromatic heterocycles. The molecule has 2 rings (SSSR count). The van der Waals surface area contributed by atoms with Crippen LogP contribution in [0.25, 0.3) is 0 Å². The molecule has 1 unspecified atom stereocenters. The normalized spacial score (nSPS) is 50.7. The minimum absolute atomic E-state index is 0.139. The van der Waals surface area contributed by atoms with Crippen LogP contribution in [0.1, 0.15) is 0 Å². The number of aliphatic hydroxyl groups excluding tert-OH is 4. The van der Waals surface area contributed by atoms with E-state index in [-0.39, 0.29) is 13.2 Å². The van der Waals surface area contributed by atoms with Crippen LogP contribution in [0.3, 0.4) is 0 Å². The number of rotatable bonds is 2. The topological polar surface area (TPSA) is 114 Å². The summed E-state index contributed by atoms with van der Waals surface area (Å²) in [5.41, 5.74) is 0. The molecule has 0 aromatic carbocycles. The van der Waals surface area contributed by atoms with E-state index in [9.17, 15) is 20.2 Å². The Kier molecular flexibility index (Phi) is 2.73. The summed E-state index contributed by atoms with van der Waals surface area (Å²) >= 11 is 0. The summed E-state index contributed by atoms with van der Waals surface area (Å²) in [5, 5.41) is 40.6. The van der Waals surface area contributed by atoms with Crippen molar-refractivity contribution < 1.29 is 20.4 Å². The molecular formula is C8H14N2O5. The fourth-order valence-electron chi connectivity index (χ4n) is 2.60. The first-order chi connectivity index (χ1) is 7.11. The lowest BCUT2D eigenvalue weighted by atomic mass is 10.0. The van der Waals surface area contributed by atoms with Gasteiger partial charge in [-0.05, 0) is 0 Å². The average molecular weight is 218 g/mol. The van der Waals surface area contributed by atoms with Gasteiger partial charge in [0.1, 0.15) is 6.04 Å². The van der Waals surface area contributed by atoms with Gasteiger partial charge < -0.3 is 20.4 Å². The smallest absolute Gasteiger partial charge is 0.137 e. The van der Waals surface area contributed by atoms with Gasteiger partial charge in [0.15, 0.2) is 0 Å². The molecule has 0 bridgehead atoms. The number of nitroso groups, excluding NO2 is 1. The molecule has 2 saturated heterocycles. The van der Waals surface area contributed by atoms with E-state index < -0.39 is 36.4 Å². The summed E-state index contributed by atoms with van der Waals surface area (Å²) < 4.78 is 0. The second-order valence-electron chi connectivity index (χ2n) is 4.08. The lowest BCUT2D eigenvalue weighted by Gasteiger charge is -2.21. The fraction of sp³-hybridized carbons (Fsp3) is 1.00. The largest absolute Gasteiger partial charge is 0.395 e. The Labute approximate surface area is 85.9 Å². The van der Waals surface area contributed by atoms with Crippen molar-refractivity contribution in [1.82, 2.24) is 4.90 Å². The zero-order chi connectivity index (χ0) is 11.2. The standard InChI is InChI=1S/C8H14N2O5/c11-2-3-5(9-15)8(14)6-7(13)4(12)1-10(3)6/h3-8,11-14H,1-2H2/t3-,4-,5+,6+,7?,8-/m0/s1. The van der Waals surface area contributed by atoms with Crippen LogP contribution in [0.15, 0.2) is 5.18 Å². The van der Waals surface area contributed by atoms with Gasteiger partial charge >= 0.3 is 0 Å². The molecule has 86 valence electrons. The Morgan fingerprint density at radius 2 is 1.93 bits per heavy atom. The molecule has 2 heterocycles. The van der Waals surface area contributed by atoms with Crippen molar-refractivity contribution in [2.24, 2.45) is 5.18 Å². The fourth-order valence-corrected chi connectivity index (χ4v) is 2.60. The Morgan fingerprint density at radius 1 is 1.27 bits per heavy atom. The van der Waals surface area contributed by atoms with E-state index in [1.54, 1.807) is 4.90 Å². The van der Waals surface area contributed by atoms with E-state index >= 15 is 0 Å². The summed E-state index contributed by atoms with van der Waals surface area (Å²) in [6.07, 6.45) is -3.18. The zero-order valence-corrected chi connectivity index (χ0v) is 7.97. The molecular weight excluding hydrogens is 204 g/mol. The molecule has 2 aliphatic heterocycles. The van der Waals surface area contributed by atoms with Crippen LogP contribution in [0, 0.1) is 4.91 Å². The Bertz CT molecular complexity index is 263. The number of hydrogen-bond acceptors (Lipinski definition) is 7. The van der Waals surface area contributed by atoms with Crippen molar-refractivity contribution >= 4 is 0 Å². The Morgan fingerprint density at radius 3 is 2.47 bits per heavy atom. The van der Waals surface area contributed by atoms with E-state index in [1.165, 1.54) is 0 Å². The van der Waals surface area contributed by atoms with Gasteiger partial charge in [-0.25, -0.2) is 0 Å². The summed E-state index contributed by atoms with van der Waals surface area (Å²) in [7, 11) is 0. The highest BCUT2D eigenvalue weighted by atomic mass is 16.3. The van der Waals surface area contributed by atoms with Crippen molar-refractivity contribution in [3.63, 3.8) is 0 Å². The van der Waals surface area contributed by atoms with E-state index in [4.69, 9.17) is 5.11 Å². The van der Waals surface area contributed by atoms with E-state index in [2.05, 4.69) is 5.18 Å². The predicted octanol–water partition coefficient (Wildman–Crippen LogP) is -2.74. The predicted molar refractivity (Wildman–Crippen MR) is 49.0 cm³/mol. The molecule has 2 aliphatic rings. The molecule has 0 aliphatic carbocycles. The van der Waals surface area contributed by atoms with Crippen molar-refractivity contribution in [2.75, 3.05) is 13.2 Å². The third-order valence-corrected chi connectivity index (χ3v) is 3.35. The van der Waals surface area contributed by atoms with Gasteiger partial charge in [0, 0.05) is 6.54 Å². The third kappa shape index (κ3) is 1.39. The third-order valence-electron chi connectivity index (χ3n) is 3.35. The minimum Gasteiger partial charge on any atom is -0.395 e. The maximum Gasteiger partial charge on any atom is 0.137 e. The molecule has 0 radical (unpaired) electrons. The Hall–Kier alpha value is -0.600. The lowest BCUT2D eigenvalue weighted by Crippen LogP contribution is -2.41. The van der Waals surface area contributed by atoms with Crippen LogP contribution in [0.2, 0.25) is 0 Å². The highest BCUT2D eigenvalue weighted by molar-refractivity contribution is 5.12. The molecule has 0 aromatic rings. The summed E-state index contributed by atoms with van der Waals surface area (Å²) in [6.45, 7) is -0.191. The molecule has 0 spiro atoms. The molecule has 7 heteroatoms. The molecule has 0 saturated carbocycles. The summed E-state index contributed by atoms with van der Waals surface area (Å²) in [6, 6.07) is -2.27. The van der Waals surface area contributed by atoms with Gasteiger partial charge in [-0.2, -0.15) is 4.91 Å². The van der Waals surface area contributed by atoms with Crippen LogP contribution < -0.4 is 0 Å². The first-order valence-electron chi connectivity index (χ1n) is 4.85.